The molecular formula is C20H15BrN4O5. The van der Waals surface area contributed by atoms with E-state index in [1.165, 1.54) is 30.3 Å². The van der Waals surface area contributed by atoms with Crippen LogP contribution in [0.5, 0.6) is 11.5 Å². The van der Waals surface area contributed by atoms with E-state index in [1.807, 2.05) is 12.1 Å². The smallest absolute Gasteiger partial charge is 0.271 e. The summed E-state index contributed by atoms with van der Waals surface area (Å²) in [7, 11) is 0. The second-order valence-corrected chi connectivity index (χ2v) is 6.50. The molecule has 9 nitrogen and oxygen atoms in total. The van der Waals surface area contributed by atoms with E-state index in [4.69, 9.17) is 14.7 Å². The number of carbonyl (C=O) groups is 1. The lowest BCUT2D eigenvalue weighted by Gasteiger charge is -2.13. The molecule has 0 unspecified atom stereocenters. The van der Waals surface area contributed by atoms with E-state index in [-0.39, 0.29) is 23.6 Å². The van der Waals surface area contributed by atoms with Crippen LogP contribution < -0.4 is 14.8 Å². The summed E-state index contributed by atoms with van der Waals surface area (Å²) in [6.07, 6.45) is 1.34. The Morgan fingerprint density at radius 3 is 2.70 bits per heavy atom. The standard InChI is InChI=1S/C20H15BrN4O5/c1-2-29-18-10-13(9-17(21)19(18)30-7-6-22)8-14(12-23)20(26)24-15-4-3-5-16(11-15)25(27)28/h3-5,8-11H,2,7H2,1H3,(H,24,26)/b14-8+. The topological polar surface area (TPSA) is 138 Å². The number of benzene rings is 2. The number of carbonyl (C=O) groups excluding carboxylic acids is 1. The van der Waals surface area contributed by atoms with Crippen LogP contribution in [0.3, 0.4) is 0 Å². The van der Waals surface area contributed by atoms with Crippen molar-refractivity contribution in [3.05, 3.63) is 62.1 Å². The summed E-state index contributed by atoms with van der Waals surface area (Å²) in [5, 5.41) is 31.4. The zero-order chi connectivity index (χ0) is 22.1. The van der Waals surface area contributed by atoms with Crippen molar-refractivity contribution in [3.63, 3.8) is 0 Å². The highest BCUT2D eigenvalue weighted by atomic mass is 79.9. The van der Waals surface area contributed by atoms with Gasteiger partial charge in [-0.2, -0.15) is 10.5 Å². The number of nitro benzene ring substituents is 1. The van der Waals surface area contributed by atoms with E-state index in [2.05, 4.69) is 21.2 Å². The molecule has 0 aliphatic rings. The maximum atomic E-state index is 12.5. The second kappa shape index (κ2) is 10.6. The summed E-state index contributed by atoms with van der Waals surface area (Å²) in [4.78, 5) is 22.7. The van der Waals surface area contributed by atoms with Gasteiger partial charge in [-0.1, -0.05) is 6.07 Å². The van der Waals surface area contributed by atoms with Gasteiger partial charge in [0.1, 0.15) is 17.7 Å². The lowest BCUT2D eigenvalue weighted by atomic mass is 10.1. The molecule has 2 aromatic carbocycles. The van der Waals surface area contributed by atoms with Gasteiger partial charge in [-0.15, -0.1) is 0 Å². The van der Waals surface area contributed by atoms with Gasteiger partial charge in [-0.25, -0.2) is 0 Å². The molecule has 0 aromatic heterocycles. The monoisotopic (exact) mass is 470 g/mol. The number of nitrogens with one attached hydrogen (secondary N) is 1. The maximum Gasteiger partial charge on any atom is 0.271 e. The summed E-state index contributed by atoms with van der Waals surface area (Å²) in [6, 6.07) is 12.2. The number of halogens is 1. The Morgan fingerprint density at radius 2 is 2.07 bits per heavy atom. The normalized spacial score (nSPS) is 10.5. The number of hydrogen-bond acceptors (Lipinski definition) is 7. The molecular weight excluding hydrogens is 456 g/mol. The summed E-state index contributed by atoms with van der Waals surface area (Å²) in [5.74, 6) is -0.0586. The summed E-state index contributed by atoms with van der Waals surface area (Å²) >= 11 is 3.33. The SMILES string of the molecule is CCOc1cc(/C=C(\C#N)C(=O)Nc2cccc([N+](=O)[O-])c2)cc(Br)c1OCC#N. The van der Waals surface area contributed by atoms with Crippen molar-refractivity contribution < 1.29 is 19.2 Å². The molecule has 0 saturated heterocycles. The second-order valence-electron chi connectivity index (χ2n) is 5.64. The first-order valence-corrected chi connectivity index (χ1v) is 9.32. The molecule has 1 amide bonds. The first kappa shape index (κ1) is 22.4. The molecule has 0 aliphatic carbocycles. The van der Waals surface area contributed by atoms with Gasteiger partial charge in [0.2, 0.25) is 0 Å². The lowest BCUT2D eigenvalue weighted by molar-refractivity contribution is -0.384. The van der Waals surface area contributed by atoms with Crippen LogP contribution in [0, 0.1) is 32.8 Å². The minimum absolute atomic E-state index is 0.178. The molecule has 0 bridgehead atoms. The molecule has 30 heavy (non-hydrogen) atoms. The van der Waals surface area contributed by atoms with Gasteiger partial charge in [-0.05, 0) is 52.7 Å². The number of rotatable bonds is 8. The number of hydrogen-bond donors (Lipinski definition) is 1. The zero-order valence-corrected chi connectivity index (χ0v) is 17.3. The van der Waals surface area contributed by atoms with E-state index in [0.717, 1.165) is 0 Å². The molecule has 1 N–H and O–H groups in total. The summed E-state index contributed by atoms with van der Waals surface area (Å²) < 4.78 is 11.4. The van der Waals surface area contributed by atoms with E-state index >= 15 is 0 Å². The number of nitro groups is 1. The fourth-order valence-electron chi connectivity index (χ4n) is 2.39. The number of nitrogens with zero attached hydrogens (tertiary/aromatic N) is 3. The number of anilines is 1. The van der Waals surface area contributed by atoms with Crippen LogP contribution in [0.1, 0.15) is 12.5 Å². The Balaban J connectivity index is 2.33. The maximum absolute atomic E-state index is 12.5. The average Bonchev–Trinajstić information content (AvgIpc) is 2.71. The highest BCUT2D eigenvalue weighted by molar-refractivity contribution is 9.10. The molecule has 0 radical (unpaired) electrons. The first-order chi connectivity index (χ1) is 14.4. The molecule has 0 aliphatic heterocycles. The Morgan fingerprint density at radius 1 is 1.30 bits per heavy atom. The van der Waals surface area contributed by atoms with Crippen LogP contribution in [0.4, 0.5) is 11.4 Å². The number of nitriles is 2. The highest BCUT2D eigenvalue weighted by Crippen LogP contribution is 2.37. The van der Waals surface area contributed by atoms with Crippen molar-refractivity contribution in [2.24, 2.45) is 0 Å². The predicted octanol–water partition coefficient (Wildman–Crippen LogP) is 4.20. The van der Waals surface area contributed by atoms with Crippen molar-refractivity contribution in [2.75, 3.05) is 18.5 Å². The Labute approximate surface area is 180 Å². The summed E-state index contributed by atoms with van der Waals surface area (Å²) in [5.41, 5.74) is 0.252. The average molecular weight is 471 g/mol. The third kappa shape index (κ3) is 5.80. The first-order valence-electron chi connectivity index (χ1n) is 8.53. The van der Waals surface area contributed by atoms with Crippen molar-refractivity contribution in [1.82, 2.24) is 0 Å². The van der Waals surface area contributed by atoms with Crippen molar-refractivity contribution in [1.29, 1.82) is 10.5 Å². The molecule has 2 rings (SSSR count). The number of amides is 1. The van der Waals surface area contributed by atoms with Crippen molar-refractivity contribution in [2.45, 2.75) is 6.92 Å². The van der Waals surface area contributed by atoms with Gasteiger partial charge >= 0.3 is 0 Å². The van der Waals surface area contributed by atoms with Crippen molar-refractivity contribution >= 4 is 39.3 Å². The molecule has 0 atom stereocenters. The van der Waals surface area contributed by atoms with Gasteiger partial charge in [0.15, 0.2) is 18.1 Å². The number of ether oxygens (including phenoxy) is 2. The molecule has 10 heteroatoms. The highest BCUT2D eigenvalue weighted by Gasteiger charge is 2.15. The fraction of sp³-hybridized carbons (Fsp3) is 0.150. The molecule has 2 aromatic rings. The van der Waals surface area contributed by atoms with Crippen LogP contribution >= 0.6 is 15.9 Å². The molecule has 152 valence electrons. The largest absolute Gasteiger partial charge is 0.490 e. The van der Waals surface area contributed by atoms with Gasteiger partial charge in [0, 0.05) is 17.8 Å². The van der Waals surface area contributed by atoms with Crippen LogP contribution in [0.2, 0.25) is 0 Å². The quantitative estimate of drug-likeness (QED) is 0.263. The minimum atomic E-state index is -0.725. The van der Waals surface area contributed by atoms with E-state index in [1.54, 1.807) is 19.1 Å². The number of non-ortho nitro benzene ring substituents is 1. The third-order valence-corrected chi connectivity index (χ3v) is 4.19. The van der Waals surface area contributed by atoms with E-state index < -0.39 is 10.8 Å². The van der Waals surface area contributed by atoms with Gasteiger partial charge < -0.3 is 14.8 Å². The Kier molecular flexibility index (Phi) is 7.91. The minimum Gasteiger partial charge on any atom is -0.490 e. The Hall–Kier alpha value is -3.89. The lowest BCUT2D eigenvalue weighted by Crippen LogP contribution is -2.13. The third-order valence-electron chi connectivity index (χ3n) is 3.60. The summed E-state index contributed by atoms with van der Waals surface area (Å²) in [6.45, 7) is 1.93. The van der Waals surface area contributed by atoms with Crippen LogP contribution in [-0.4, -0.2) is 24.0 Å². The van der Waals surface area contributed by atoms with Gasteiger partial charge in [0.25, 0.3) is 11.6 Å². The molecule has 0 fully saturated rings. The van der Waals surface area contributed by atoms with Gasteiger partial charge in [0.05, 0.1) is 16.0 Å². The Bertz CT molecular complexity index is 1090. The molecule has 0 saturated carbocycles. The van der Waals surface area contributed by atoms with E-state index in [9.17, 15) is 20.2 Å². The fourth-order valence-corrected chi connectivity index (χ4v) is 2.96. The van der Waals surface area contributed by atoms with Crippen LogP contribution in [-0.2, 0) is 4.79 Å². The molecule has 0 spiro atoms. The van der Waals surface area contributed by atoms with Crippen LogP contribution in [0.25, 0.3) is 6.08 Å². The van der Waals surface area contributed by atoms with Crippen molar-refractivity contribution in [3.8, 4) is 23.6 Å². The van der Waals surface area contributed by atoms with Crippen LogP contribution in [0.15, 0.2) is 46.4 Å². The predicted molar refractivity (Wildman–Crippen MR) is 112 cm³/mol. The molecule has 0 heterocycles. The zero-order valence-electron chi connectivity index (χ0n) is 15.7. The van der Waals surface area contributed by atoms with Gasteiger partial charge in [-0.3, -0.25) is 14.9 Å². The van der Waals surface area contributed by atoms with E-state index in [0.29, 0.717) is 28.1 Å².